The Morgan fingerprint density at radius 3 is 2.19 bits per heavy atom. The fourth-order valence-corrected chi connectivity index (χ4v) is 4.00. The molecule has 0 radical (unpaired) electrons. The maximum absolute atomic E-state index is 13.4. The molecular formula is C26H34Cl2N2O2. The zero-order valence-corrected chi connectivity index (χ0v) is 21.0. The van der Waals surface area contributed by atoms with E-state index < -0.39 is 6.04 Å². The Bertz CT molecular complexity index is 899. The number of hydrogen-bond donors (Lipinski definition) is 1. The van der Waals surface area contributed by atoms with Gasteiger partial charge in [-0.3, -0.25) is 9.59 Å². The van der Waals surface area contributed by atoms with Crippen LogP contribution in [0.15, 0.2) is 42.5 Å². The van der Waals surface area contributed by atoms with Crippen molar-refractivity contribution in [3.63, 3.8) is 0 Å². The number of amides is 2. The molecule has 0 aliphatic heterocycles. The van der Waals surface area contributed by atoms with Crippen LogP contribution in [-0.2, 0) is 29.0 Å². The van der Waals surface area contributed by atoms with Gasteiger partial charge in [0.2, 0.25) is 11.8 Å². The van der Waals surface area contributed by atoms with Crippen LogP contribution in [0, 0.1) is 0 Å². The van der Waals surface area contributed by atoms with Gasteiger partial charge in [0.1, 0.15) is 6.04 Å². The molecule has 6 heteroatoms. The minimum absolute atomic E-state index is 0.0460. The zero-order valence-electron chi connectivity index (χ0n) is 19.5. The molecule has 0 saturated carbocycles. The van der Waals surface area contributed by atoms with Gasteiger partial charge in [0.05, 0.1) is 0 Å². The lowest BCUT2D eigenvalue weighted by atomic mass is 10.0. The van der Waals surface area contributed by atoms with E-state index in [1.165, 1.54) is 5.56 Å². The van der Waals surface area contributed by atoms with Crippen molar-refractivity contribution >= 4 is 35.0 Å². The molecule has 32 heavy (non-hydrogen) atoms. The number of hydrogen-bond acceptors (Lipinski definition) is 2. The Balaban J connectivity index is 2.23. The number of rotatable bonds is 11. The van der Waals surface area contributed by atoms with Gasteiger partial charge in [0, 0.05) is 29.1 Å². The molecule has 1 N–H and O–H groups in total. The summed E-state index contributed by atoms with van der Waals surface area (Å²) >= 11 is 12.4. The Morgan fingerprint density at radius 2 is 1.62 bits per heavy atom. The van der Waals surface area contributed by atoms with Crippen molar-refractivity contribution < 1.29 is 9.59 Å². The average Bonchev–Trinajstić information content (AvgIpc) is 2.78. The van der Waals surface area contributed by atoms with Crippen molar-refractivity contribution in [2.75, 3.05) is 0 Å². The van der Waals surface area contributed by atoms with Gasteiger partial charge in [0.15, 0.2) is 0 Å². The van der Waals surface area contributed by atoms with Crippen molar-refractivity contribution in [1.29, 1.82) is 0 Å². The van der Waals surface area contributed by atoms with E-state index in [2.05, 4.69) is 36.5 Å². The highest BCUT2D eigenvalue weighted by Gasteiger charge is 2.29. The monoisotopic (exact) mass is 476 g/mol. The summed E-state index contributed by atoms with van der Waals surface area (Å²) in [7, 11) is 0. The maximum Gasteiger partial charge on any atom is 0.243 e. The molecule has 2 atom stereocenters. The van der Waals surface area contributed by atoms with E-state index in [1.807, 2.05) is 26.8 Å². The highest BCUT2D eigenvalue weighted by Crippen LogP contribution is 2.24. The Labute approximate surface area is 202 Å². The quantitative estimate of drug-likeness (QED) is 0.418. The molecule has 2 amide bonds. The number of carbonyl (C=O) groups is 2. The van der Waals surface area contributed by atoms with E-state index in [9.17, 15) is 9.59 Å². The Kier molecular flexibility index (Phi) is 10.5. The summed E-state index contributed by atoms with van der Waals surface area (Å²) in [6.07, 6.45) is 3.27. The van der Waals surface area contributed by atoms with Crippen LogP contribution in [-0.4, -0.2) is 28.8 Å². The van der Waals surface area contributed by atoms with Crippen molar-refractivity contribution in [1.82, 2.24) is 10.2 Å². The lowest BCUT2D eigenvalue weighted by molar-refractivity contribution is -0.141. The second-order valence-corrected chi connectivity index (χ2v) is 9.01. The van der Waals surface area contributed by atoms with Crippen LogP contribution in [0.4, 0.5) is 0 Å². The van der Waals surface area contributed by atoms with E-state index in [1.54, 1.807) is 17.0 Å². The topological polar surface area (TPSA) is 49.4 Å². The van der Waals surface area contributed by atoms with Gasteiger partial charge in [-0.1, -0.05) is 74.3 Å². The van der Waals surface area contributed by atoms with Crippen LogP contribution >= 0.6 is 23.2 Å². The number of carbonyl (C=O) groups excluding carboxylic acids is 2. The molecule has 0 bridgehead atoms. The second-order valence-electron chi connectivity index (χ2n) is 8.17. The molecule has 0 aliphatic rings. The van der Waals surface area contributed by atoms with Crippen LogP contribution in [0.5, 0.6) is 0 Å². The predicted molar refractivity (Wildman–Crippen MR) is 133 cm³/mol. The standard InChI is InChI=1S/C26H34Cl2N2O2/c1-5-18(4)29-26(32)24(7-3)30(17-21-13-14-22(27)16-23(21)28)25(31)15-12-20-10-8-19(6-2)9-11-20/h8-11,13-14,16,18,24H,5-7,12,15,17H2,1-4H3,(H,29,32)/t18-,24+/m1/s1. The summed E-state index contributed by atoms with van der Waals surface area (Å²) in [5.74, 6) is -0.200. The lowest BCUT2D eigenvalue weighted by Crippen LogP contribution is -2.50. The van der Waals surface area contributed by atoms with Crippen LogP contribution in [0.25, 0.3) is 0 Å². The highest BCUT2D eigenvalue weighted by atomic mass is 35.5. The summed E-state index contributed by atoms with van der Waals surface area (Å²) in [5, 5.41) is 4.05. The molecular weight excluding hydrogens is 443 g/mol. The summed E-state index contributed by atoms with van der Waals surface area (Å²) in [6.45, 7) is 8.29. The van der Waals surface area contributed by atoms with Gasteiger partial charge in [0.25, 0.3) is 0 Å². The first kappa shape index (κ1) is 26.2. The van der Waals surface area contributed by atoms with Gasteiger partial charge in [-0.2, -0.15) is 0 Å². The van der Waals surface area contributed by atoms with Crippen LogP contribution in [0.3, 0.4) is 0 Å². The molecule has 2 rings (SSSR count). The number of benzene rings is 2. The summed E-state index contributed by atoms with van der Waals surface area (Å²) in [5.41, 5.74) is 3.15. The molecule has 174 valence electrons. The molecule has 0 unspecified atom stereocenters. The van der Waals surface area contributed by atoms with Crippen molar-refractivity contribution in [2.45, 2.75) is 78.4 Å². The minimum Gasteiger partial charge on any atom is -0.352 e. The fourth-order valence-electron chi connectivity index (χ4n) is 3.53. The first-order valence-corrected chi connectivity index (χ1v) is 12.2. The largest absolute Gasteiger partial charge is 0.352 e. The highest BCUT2D eigenvalue weighted by molar-refractivity contribution is 6.35. The molecule has 0 heterocycles. The molecule has 2 aromatic carbocycles. The van der Waals surface area contributed by atoms with Crippen LogP contribution in [0.1, 0.15) is 63.6 Å². The maximum atomic E-state index is 13.4. The fraction of sp³-hybridized carbons (Fsp3) is 0.462. The lowest BCUT2D eigenvalue weighted by Gasteiger charge is -2.32. The smallest absolute Gasteiger partial charge is 0.243 e. The molecule has 0 fully saturated rings. The van der Waals surface area contributed by atoms with E-state index in [0.29, 0.717) is 29.3 Å². The molecule has 0 aliphatic carbocycles. The van der Waals surface area contributed by atoms with Crippen molar-refractivity contribution in [2.24, 2.45) is 0 Å². The van der Waals surface area contributed by atoms with Crippen LogP contribution in [0.2, 0.25) is 10.0 Å². The molecule has 0 spiro atoms. The molecule has 2 aromatic rings. The van der Waals surface area contributed by atoms with E-state index >= 15 is 0 Å². The first-order valence-electron chi connectivity index (χ1n) is 11.4. The third-order valence-electron chi connectivity index (χ3n) is 5.80. The summed E-state index contributed by atoms with van der Waals surface area (Å²) in [4.78, 5) is 28.0. The Morgan fingerprint density at radius 1 is 0.969 bits per heavy atom. The normalized spacial score (nSPS) is 12.8. The number of aryl methyl sites for hydroxylation is 2. The third kappa shape index (κ3) is 7.53. The predicted octanol–water partition coefficient (Wildman–Crippen LogP) is 6.21. The first-order chi connectivity index (χ1) is 15.3. The summed E-state index contributed by atoms with van der Waals surface area (Å²) in [6, 6.07) is 13.0. The zero-order chi connectivity index (χ0) is 23.7. The van der Waals surface area contributed by atoms with E-state index in [-0.39, 0.29) is 24.4 Å². The van der Waals surface area contributed by atoms with Gasteiger partial charge >= 0.3 is 0 Å². The molecule has 4 nitrogen and oxygen atoms in total. The number of nitrogens with one attached hydrogen (secondary N) is 1. The van der Waals surface area contributed by atoms with Gasteiger partial charge in [-0.25, -0.2) is 0 Å². The average molecular weight is 477 g/mol. The van der Waals surface area contributed by atoms with Gasteiger partial charge in [-0.15, -0.1) is 0 Å². The van der Waals surface area contributed by atoms with E-state index in [0.717, 1.165) is 24.0 Å². The van der Waals surface area contributed by atoms with Crippen molar-refractivity contribution in [3.05, 3.63) is 69.2 Å². The molecule has 0 saturated heterocycles. The molecule has 0 aromatic heterocycles. The van der Waals surface area contributed by atoms with Crippen molar-refractivity contribution in [3.8, 4) is 0 Å². The van der Waals surface area contributed by atoms with E-state index in [4.69, 9.17) is 23.2 Å². The third-order valence-corrected chi connectivity index (χ3v) is 6.39. The summed E-state index contributed by atoms with van der Waals surface area (Å²) < 4.78 is 0. The van der Waals surface area contributed by atoms with Crippen LogP contribution < -0.4 is 5.32 Å². The second kappa shape index (κ2) is 12.9. The number of nitrogens with zero attached hydrogens (tertiary/aromatic N) is 1. The Hall–Kier alpha value is -2.04. The van der Waals surface area contributed by atoms with Gasteiger partial charge < -0.3 is 10.2 Å². The minimum atomic E-state index is -0.564. The van der Waals surface area contributed by atoms with Gasteiger partial charge in [-0.05, 0) is 61.4 Å². The SMILES string of the molecule is CCc1ccc(CCC(=O)N(Cc2ccc(Cl)cc2Cl)[C@@H](CC)C(=O)N[C@H](C)CC)cc1. The number of halogens is 2.